The van der Waals surface area contributed by atoms with Crippen molar-refractivity contribution < 1.29 is 0 Å². The summed E-state index contributed by atoms with van der Waals surface area (Å²) in [6, 6.07) is 4.86. The SMILES string of the molecule is CNCCC1CCN(Cc2ccc(N(C)C(C)C)nc2)CC1. The lowest BCUT2D eigenvalue weighted by Gasteiger charge is -2.32. The second kappa shape index (κ2) is 8.49. The Bertz CT molecular complexity index is 421. The van der Waals surface area contributed by atoms with E-state index in [-0.39, 0.29) is 0 Å². The van der Waals surface area contributed by atoms with Crippen LogP contribution in [0.2, 0.25) is 0 Å². The molecule has 4 nitrogen and oxygen atoms in total. The maximum Gasteiger partial charge on any atom is 0.128 e. The molecular formula is C18H32N4. The van der Waals surface area contributed by atoms with Crippen molar-refractivity contribution in [2.75, 3.05) is 38.6 Å². The third-order valence-electron chi connectivity index (χ3n) is 4.86. The number of aromatic nitrogens is 1. The molecule has 1 aromatic rings. The molecule has 124 valence electrons. The number of likely N-dealkylation sites (tertiary alicyclic amines) is 1. The van der Waals surface area contributed by atoms with Crippen molar-refractivity contribution in [2.45, 2.75) is 45.7 Å². The molecule has 1 fully saturated rings. The van der Waals surface area contributed by atoms with Crippen molar-refractivity contribution in [3.8, 4) is 0 Å². The van der Waals surface area contributed by atoms with Gasteiger partial charge in [0.15, 0.2) is 0 Å². The van der Waals surface area contributed by atoms with Gasteiger partial charge in [-0.1, -0.05) is 6.07 Å². The summed E-state index contributed by atoms with van der Waals surface area (Å²) in [6.45, 7) is 9.02. The van der Waals surface area contributed by atoms with Crippen molar-refractivity contribution in [3.05, 3.63) is 23.9 Å². The van der Waals surface area contributed by atoms with Gasteiger partial charge >= 0.3 is 0 Å². The molecular weight excluding hydrogens is 272 g/mol. The highest BCUT2D eigenvalue weighted by molar-refractivity contribution is 5.39. The summed E-state index contributed by atoms with van der Waals surface area (Å²) in [5, 5.41) is 3.26. The van der Waals surface area contributed by atoms with E-state index in [1.54, 1.807) is 0 Å². The molecule has 1 aromatic heterocycles. The smallest absolute Gasteiger partial charge is 0.128 e. The van der Waals surface area contributed by atoms with Crippen LogP contribution in [0.4, 0.5) is 5.82 Å². The summed E-state index contributed by atoms with van der Waals surface area (Å²) >= 11 is 0. The minimum Gasteiger partial charge on any atom is -0.357 e. The number of hydrogen-bond donors (Lipinski definition) is 1. The Morgan fingerprint density at radius 1 is 1.32 bits per heavy atom. The van der Waals surface area contributed by atoms with Crippen molar-refractivity contribution in [1.82, 2.24) is 15.2 Å². The second-order valence-electron chi connectivity index (χ2n) is 6.84. The number of piperidine rings is 1. The standard InChI is InChI=1S/C18H32N4/c1-15(2)21(4)18-6-5-17(13-20-18)14-22-11-8-16(9-12-22)7-10-19-3/h5-6,13,15-16,19H,7-12,14H2,1-4H3. The van der Waals surface area contributed by atoms with Crippen LogP contribution in [-0.4, -0.2) is 49.7 Å². The molecule has 0 atom stereocenters. The Morgan fingerprint density at radius 2 is 2.05 bits per heavy atom. The first kappa shape index (κ1) is 17.2. The van der Waals surface area contributed by atoms with Gasteiger partial charge < -0.3 is 10.2 Å². The molecule has 1 N–H and O–H groups in total. The lowest BCUT2D eigenvalue weighted by molar-refractivity contribution is 0.172. The number of hydrogen-bond acceptors (Lipinski definition) is 4. The van der Waals surface area contributed by atoms with Gasteiger partial charge in [0.1, 0.15) is 5.82 Å². The first-order valence-corrected chi connectivity index (χ1v) is 8.65. The summed E-state index contributed by atoms with van der Waals surface area (Å²) in [7, 11) is 4.14. The van der Waals surface area contributed by atoms with Gasteiger partial charge in [0.2, 0.25) is 0 Å². The van der Waals surface area contributed by atoms with Gasteiger partial charge in [-0.15, -0.1) is 0 Å². The first-order valence-electron chi connectivity index (χ1n) is 8.65. The van der Waals surface area contributed by atoms with E-state index in [1.165, 1.54) is 37.9 Å². The largest absolute Gasteiger partial charge is 0.357 e. The van der Waals surface area contributed by atoms with Gasteiger partial charge in [-0.3, -0.25) is 4.90 Å². The fraction of sp³-hybridized carbons (Fsp3) is 0.722. The highest BCUT2D eigenvalue weighted by Crippen LogP contribution is 2.21. The van der Waals surface area contributed by atoms with Gasteiger partial charge in [-0.05, 0) is 77.3 Å². The molecule has 0 radical (unpaired) electrons. The molecule has 2 heterocycles. The number of anilines is 1. The third kappa shape index (κ3) is 4.96. The predicted octanol–water partition coefficient (Wildman–Crippen LogP) is 2.75. The van der Waals surface area contributed by atoms with Crippen LogP contribution in [0.25, 0.3) is 0 Å². The predicted molar refractivity (Wildman–Crippen MR) is 94.3 cm³/mol. The average molecular weight is 304 g/mol. The highest BCUT2D eigenvalue weighted by Gasteiger charge is 2.18. The molecule has 4 heteroatoms. The molecule has 1 aliphatic heterocycles. The molecule has 1 saturated heterocycles. The quantitative estimate of drug-likeness (QED) is 0.839. The van der Waals surface area contributed by atoms with E-state index in [4.69, 9.17) is 0 Å². The second-order valence-corrected chi connectivity index (χ2v) is 6.84. The molecule has 0 unspecified atom stereocenters. The molecule has 0 bridgehead atoms. The Labute approximate surface area is 135 Å². The monoisotopic (exact) mass is 304 g/mol. The summed E-state index contributed by atoms with van der Waals surface area (Å²) in [6.07, 6.45) is 6.04. The molecule has 22 heavy (non-hydrogen) atoms. The fourth-order valence-electron chi connectivity index (χ4n) is 3.02. The molecule has 0 saturated carbocycles. The van der Waals surface area contributed by atoms with E-state index in [0.29, 0.717) is 6.04 Å². The lowest BCUT2D eigenvalue weighted by atomic mass is 9.93. The highest BCUT2D eigenvalue weighted by atomic mass is 15.2. The Morgan fingerprint density at radius 3 is 2.59 bits per heavy atom. The van der Waals surface area contributed by atoms with Crippen LogP contribution >= 0.6 is 0 Å². The zero-order chi connectivity index (χ0) is 15.9. The Hall–Kier alpha value is -1.13. The number of pyridine rings is 1. The minimum atomic E-state index is 0.481. The number of rotatable bonds is 7. The first-order chi connectivity index (χ1) is 10.6. The van der Waals surface area contributed by atoms with Gasteiger partial charge in [0.25, 0.3) is 0 Å². The van der Waals surface area contributed by atoms with Crippen LogP contribution in [-0.2, 0) is 6.54 Å². The maximum absolute atomic E-state index is 4.61. The topological polar surface area (TPSA) is 31.4 Å². The van der Waals surface area contributed by atoms with Crippen molar-refractivity contribution >= 4 is 5.82 Å². The van der Waals surface area contributed by atoms with E-state index >= 15 is 0 Å². The molecule has 0 spiro atoms. The van der Waals surface area contributed by atoms with Crippen LogP contribution in [0.5, 0.6) is 0 Å². The van der Waals surface area contributed by atoms with Gasteiger partial charge in [0.05, 0.1) is 0 Å². The third-order valence-corrected chi connectivity index (χ3v) is 4.86. The van der Waals surface area contributed by atoms with Gasteiger partial charge in [0, 0.05) is 25.8 Å². The maximum atomic E-state index is 4.61. The van der Waals surface area contributed by atoms with Crippen molar-refractivity contribution in [1.29, 1.82) is 0 Å². The molecule has 0 aliphatic carbocycles. The van der Waals surface area contributed by atoms with E-state index in [0.717, 1.165) is 24.8 Å². The summed E-state index contributed by atoms with van der Waals surface area (Å²) in [4.78, 5) is 9.39. The zero-order valence-electron chi connectivity index (χ0n) is 14.7. The van der Waals surface area contributed by atoms with E-state index in [1.807, 2.05) is 13.2 Å². The van der Waals surface area contributed by atoms with Crippen LogP contribution in [0, 0.1) is 5.92 Å². The summed E-state index contributed by atoms with van der Waals surface area (Å²) in [5.41, 5.74) is 1.33. The van der Waals surface area contributed by atoms with Crippen LogP contribution in [0.15, 0.2) is 18.3 Å². The number of nitrogens with zero attached hydrogens (tertiary/aromatic N) is 3. The molecule has 0 aromatic carbocycles. The average Bonchev–Trinajstić information content (AvgIpc) is 2.54. The zero-order valence-corrected chi connectivity index (χ0v) is 14.7. The molecule has 2 rings (SSSR count). The summed E-state index contributed by atoms with van der Waals surface area (Å²) in [5.74, 6) is 1.97. The molecule has 1 aliphatic rings. The van der Waals surface area contributed by atoms with E-state index in [2.05, 4.69) is 53.1 Å². The van der Waals surface area contributed by atoms with Crippen LogP contribution in [0.3, 0.4) is 0 Å². The normalized spacial score (nSPS) is 17.1. The van der Waals surface area contributed by atoms with Crippen molar-refractivity contribution in [2.24, 2.45) is 5.92 Å². The van der Waals surface area contributed by atoms with E-state index in [9.17, 15) is 0 Å². The Balaban J connectivity index is 1.80. The minimum absolute atomic E-state index is 0.481. The van der Waals surface area contributed by atoms with Gasteiger partial charge in [-0.2, -0.15) is 0 Å². The van der Waals surface area contributed by atoms with Crippen molar-refractivity contribution in [3.63, 3.8) is 0 Å². The van der Waals surface area contributed by atoms with Gasteiger partial charge in [-0.25, -0.2) is 4.98 Å². The molecule has 0 amide bonds. The summed E-state index contributed by atoms with van der Waals surface area (Å²) < 4.78 is 0. The van der Waals surface area contributed by atoms with E-state index < -0.39 is 0 Å². The van der Waals surface area contributed by atoms with Crippen LogP contribution < -0.4 is 10.2 Å². The Kier molecular flexibility index (Phi) is 6.65. The van der Waals surface area contributed by atoms with Crippen LogP contribution in [0.1, 0.15) is 38.7 Å². The lowest BCUT2D eigenvalue weighted by Crippen LogP contribution is -2.34. The number of nitrogens with one attached hydrogen (secondary N) is 1. The fourth-order valence-corrected chi connectivity index (χ4v) is 3.02.